The van der Waals surface area contributed by atoms with E-state index < -0.39 is 0 Å². The van der Waals surface area contributed by atoms with Gasteiger partial charge in [-0.15, -0.1) is 11.8 Å². The van der Waals surface area contributed by atoms with Gasteiger partial charge in [-0.05, 0) is 46.2 Å². The highest BCUT2D eigenvalue weighted by Gasteiger charge is 2.04. The topological polar surface area (TPSA) is 13.1 Å². The quantitative estimate of drug-likeness (QED) is 0.312. The van der Waals surface area contributed by atoms with E-state index in [1.54, 1.807) is 0 Å². The van der Waals surface area contributed by atoms with Crippen LogP contribution in [0.1, 0.15) is 79.2 Å². The second-order valence-electron chi connectivity index (χ2n) is 4.47. The largest absolute Gasteiger partial charge is 0.461 e. The molecule has 0 radical (unpaired) electrons. The van der Waals surface area contributed by atoms with E-state index in [1.807, 2.05) is 47.6 Å². The summed E-state index contributed by atoms with van der Waals surface area (Å²) in [4.78, 5) is 0. The maximum absolute atomic E-state index is 5.82. The summed E-state index contributed by atoms with van der Waals surface area (Å²) in [5.41, 5.74) is 1.16. The van der Waals surface area contributed by atoms with Crippen LogP contribution in [0.25, 0.3) is 5.57 Å². The monoisotopic (exact) mass is 302 g/mol. The first kappa shape index (κ1) is 22.6. The van der Waals surface area contributed by atoms with Crippen molar-refractivity contribution in [3.63, 3.8) is 0 Å². The first-order valence-electron chi connectivity index (χ1n) is 8.44. The van der Waals surface area contributed by atoms with Gasteiger partial charge in [-0.1, -0.05) is 51.8 Å². The summed E-state index contributed by atoms with van der Waals surface area (Å²) >= 11 is 0. The van der Waals surface area contributed by atoms with Crippen molar-refractivity contribution in [2.24, 2.45) is 0 Å². The SMILES string of the molecule is C/C=C\C(=C/C)c1ccc(CCCCC)o1.CC.CC#CC. The molecule has 0 saturated heterocycles. The molecule has 1 heterocycles. The van der Waals surface area contributed by atoms with Crippen molar-refractivity contribution in [3.05, 3.63) is 41.9 Å². The Morgan fingerprint density at radius 3 is 2.18 bits per heavy atom. The standard InChI is InChI=1S/C15H22O.C4H6.C2H6/c1-4-7-8-10-14-11-12-15(16-14)13(6-3)9-5-2;1-3-4-2;1-2/h5-6,9,11-12H,4,7-8,10H2,1-3H3;1-2H3;1-2H3/b9-5-,13-6+;;. The molecule has 124 valence electrons. The number of unbranched alkanes of at least 4 members (excludes halogenated alkanes) is 2. The molecule has 0 amide bonds. The zero-order valence-corrected chi connectivity index (χ0v) is 15.6. The molecule has 0 aliphatic heterocycles. The van der Waals surface area contributed by atoms with E-state index in [1.165, 1.54) is 19.3 Å². The van der Waals surface area contributed by atoms with Gasteiger partial charge in [0.05, 0.1) is 0 Å². The summed E-state index contributed by atoms with van der Waals surface area (Å²) in [6.45, 7) is 13.9. The molecule has 22 heavy (non-hydrogen) atoms. The number of rotatable bonds is 6. The molecule has 0 atom stereocenters. The van der Waals surface area contributed by atoms with Crippen LogP contribution in [0.3, 0.4) is 0 Å². The van der Waals surface area contributed by atoms with Crippen LogP contribution in [-0.2, 0) is 6.42 Å². The van der Waals surface area contributed by atoms with Crippen LogP contribution in [-0.4, -0.2) is 0 Å². The van der Waals surface area contributed by atoms with Crippen molar-refractivity contribution >= 4 is 5.57 Å². The molecular formula is C21H34O. The van der Waals surface area contributed by atoms with E-state index in [0.717, 1.165) is 23.5 Å². The van der Waals surface area contributed by atoms with Gasteiger partial charge in [0.2, 0.25) is 0 Å². The van der Waals surface area contributed by atoms with Gasteiger partial charge in [0.1, 0.15) is 11.5 Å². The molecule has 0 unspecified atom stereocenters. The molecule has 0 fully saturated rings. The van der Waals surface area contributed by atoms with Crippen LogP contribution in [0.2, 0.25) is 0 Å². The van der Waals surface area contributed by atoms with E-state index in [0.29, 0.717) is 0 Å². The van der Waals surface area contributed by atoms with E-state index >= 15 is 0 Å². The normalized spacial score (nSPS) is 10.0. The summed E-state index contributed by atoms with van der Waals surface area (Å²) in [7, 11) is 0. The summed E-state index contributed by atoms with van der Waals surface area (Å²) in [5.74, 6) is 7.44. The molecule has 1 heteroatoms. The molecule has 0 spiro atoms. The lowest BCUT2D eigenvalue weighted by atomic mass is 10.1. The van der Waals surface area contributed by atoms with Crippen LogP contribution in [0.15, 0.2) is 34.8 Å². The average molecular weight is 303 g/mol. The second kappa shape index (κ2) is 17.4. The Bertz CT molecular complexity index is 458. The summed E-state index contributed by atoms with van der Waals surface area (Å²) in [6.07, 6.45) is 11.0. The minimum Gasteiger partial charge on any atom is -0.461 e. The Hall–Kier alpha value is -1.68. The Labute approximate surface area is 138 Å². The number of hydrogen-bond acceptors (Lipinski definition) is 1. The van der Waals surface area contributed by atoms with Gasteiger partial charge in [0.25, 0.3) is 0 Å². The molecule has 0 bridgehead atoms. The number of furan rings is 1. The third-order valence-electron chi connectivity index (χ3n) is 2.88. The predicted octanol–water partition coefficient (Wildman–Crippen LogP) is 7.05. The highest BCUT2D eigenvalue weighted by molar-refractivity contribution is 5.70. The maximum atomic E-state index is 5.82. The van der Waals surface area contributed by atoms with Gasteiger partial charge < -0.3 is 4.42 Å². The van der Waals surface area contributed by atoms with Crippen molar-refractivity contribution in [2.45, 2.75) is 74.1 Å². The molecule has 0 saturated carbocycles. The average Bonchev–Trinajstić information content (AvgIpc) is 3.03. The molecule has 0 N–H and O–H groups in total. The lowest BCUT2D eigenvalue weighted by molar-refractivity contribution is 0.487. The fourth-order valence-corrected chi connectivity index (χ4v) is 1.72. The van der Waals surface area contributed by atoms with Crippen molar-refractivity contribution in [1.29, 1.82) is 0 Å². The van der Waals surface area contributed by atoms with Gasteiger partial charge in [-0.3, -0.25) is 0 Å². The summed E-state index contributed by atoms with van der Waals surface area (Å²) in [6, 6.07) is 4.16. The van der Waals surface area contributed by atoms with Crippen molar-refractivity contribution < 1.29 is 4.42 Å². The summed E-state index contributed by atoms with van der Waals surface area (Å²) < 4.78 is 5.82. The van der Waals surface area contributed by atoms with Gasteiger partial charge in [-0.25, -0.2) is 0 Å². The van der Waals surface area contributed by atoms with E-state index in [9.17, 15) is 0 Å². The van der Waals surface area contributed by atoms with Crippen LogP contribution in [0, 0.1) is 11.8 Å². The lowest BCUT2D eigenvalue weighted by Crippen LogP contribution is -1.81. The molecule has 0 aromatic carbocycles. The molecule has 1 aromatic heterocycles. The fourth-order valence-electron chi connectivity index (χ4n) is 1.72. The van der Waals surface area contributed by atoms with Crippen molar-refractivity contribution in [3.8, 4) is 11.8 Å². The maximum Gasteiger partial charge on any atom is 0.133 e. The minimum atomic E-state index is 0.979. The Morgan fingerprint density at radius 2 is 1.73 bits per heavy atom. The van der Waals surface area contributed by atoms with Gasteiger partial charge in [0, 0.05) is 12.0 Å². The third kappa shape index (κ3) is 11.0. The molecule has 0 aliphatic carbocycles. The minimum absolute atomic E-state index is 0.979. The molecule has 0 aliphatic rings. The Morgan fingerprint density at radius 1 is 1.09 bits per heavy atom. The Kier molecular flexibility index (Phi) is 17.8. The van der Waals surface area contributed by atoms with E-state index in [-0.39, 0.29) is 0 Å². The van der Waals surface area contributed by atoms with Crippen LogP contribution < -0.4 is 0 Å². The molecule has 1 aromatic rings. The third-order valence-corrected chi connectivity index (χ3v) is 2.88. The van der Waals surface area contributed by atoms with Crippen molar-refractivity contribution in [2.75, 3.05) is 0 Å². The van der Waals surface area contributed by atoms with Crippen LogP contribution >= 0.6 is 0 Å². The molecule has 1 nitrogen and oxygen atoms in total. The van der Waals surface area contributed by atoms with Crippen LogP contribution in [0.5, 0.6) is 0 Å². The number of aryl methyl sites for hydroxylation is 1. The first-order chi connectivity index (χ1) is 10.7. The van der Waals surface area contributed by atoms with Crippen molar-refractivity contribution in [1.82, 2.24) is 0 Å². The zero-order chi connectivity index (χ0) is 17.2. The first-order valence-corrected chi connectivity index (χ1v) is 8.44. The fraction of sp³-hybridized carbons (Fsp3) is 0.524. The Balaban J connectivity index is 0. The zero-order valence-electron chi connectivity index (χ0n) is 15.6. The van der Waals surface area contributed by atoms with Crippen LogP contribution in [0.4, 0.5) is 0 Å². The van der Waals surface area contributed by atoms with E-state index in [2.05, 4.69) is 43.0 Å². The predicted molar refractivity (Wildman–Crippen MR) is 101 cm³/mol. The molecular weight excluding hydrogens is 268 g/mol. The van der Waals surface area contributed by atoms with Gasteiger partial charge >= 0.3 is 0 Å². The second-order valence-corrected chi connectivity index (χ2v) is 4.47. The highest BCUT2D eigenvalue weighted by Crippen LogP contribution is 2.20. The number of hydrogen-bond donors (Lipinski definition) is 0. The van der Waals surface area contributed by atoms with Gasteiger partial charge in [0.15, 0.2) is 0 Å². The van der Waals surface area contributed by atoms with E-state index in [4.69, 9.17) is 4.42 Å². The smallest absolute Gasteiger partial charge is 0.133 e. The van der Waals surface area contributed by atoms with Gasteiger partial charge in [-0.2, -0.15) is 0 Å². The molecule has 1 rings (SSSR count). The number of allylic oxidation sites excluding steroid dienone is 4. The summed E-state index contributed by atoms with van der Waals surface area (Å²) in [5, 5.41) is 0. The lowest BCUT2D eigenvalue weighted by Gasteiger charge is -1.98. The highest BCUT2D eigenvalue weighted by atomic mass is 16.3.